The van der Waals surface area contributed by atoms with Crippen LogP contribution in [0.3, 0.4) is 0 Å². The van der Waals surface area contributed by atoms with E-state index < -0.39 is 11.7 Å². The maximum atomic E-state index is 12.3. The average molecular weight is 295 g/mol. The molecule has 0 radical (unpaired) electrons. The van der Waals surface area contributed by atoms with Gasteiger partial charge in [-0.2, -0.15) is 0 Å². The number of aromatic nitrogens is 2. The first kappa shape index (κ1) is 14.7. The zero-order valence-electron chi connectivity index (χ0n) is 11.7. The number of aliphatic hydroxyl groups excluding tert-OH is 1. The molecular weight excluding hydrogens is 278 g/mol. The van der Waals surface area contributed by atoms with Crippen molar-refractivity contribution < 1.29 is 14.6 Å². The Morgan fingerprint density at radius 1 is 1.45 bits per heavy atom. The third kappa shape index (κ3) is 3.23. The first-order valence-corrected chi connectivity index (χ1v) is 7.10. The Bertz CT molecular complexity index is 606. The highest BCUT2D eigenvalue weighted by Gasteiger charge is 2.25. The Labute approximate surface area is 121 Å². The van der Waals surface area contributed by atoms with Crippen molar-refractivity contribution in [2.24, 2.45) is 0 Å². The van der Waals surface area contributed by atoms with E-state index in [0.29, 0.717) is 5.82 Å². The molecule has 108 valence electrons. The van der Waals surface area contributed by atoms with Crippen LogP contribution in [0.5, 0.6) is 0 Å². The molecule has 0 saturated carbocycles. The van der Waals surface area contributed by atoms with Crippen LogP contribution in [0.15, 0.2) is 17.8 Å². The second kappa shape index (κ2) is 5.72. The lowest BCUT2D eigenvalue weighted by molar-refractivity contribution is 0.0572. The number of rotatable bonds is 3. The monoisotopic (exact) mass is 295 g/mol. The molecule has 0 aliphatic rings. The molecule has 2 rings (SSSR count). The average Bonchev–Trinajstić information content (AvgIpc) is 2.81. The number of amides is 1. The van der Waals surface area contributed by atoms with Crippen molar-refractivity contribution in [1.29, 1.82) is 0 Å². The van der Waals surface area contributed by atoms with Gasteiger partial charge in [-0.15, -0.1) is 11.3 Å². The Balaban J connectivity index is 2.37. The molecule has 0 saturated heterocycles. The summed E-state index contributed by atoms with van der Waals surface area (Å²) >= 11 is 1.45. The quantitative estimate of drug-likeness (QED) is 0.941. The summed E-state index contributed by atoms with van der Waals surface area (Å²) in [5, 5.41) is 11.1. The minimum absolute atomic E-state index is 0.124. The van der Waals surface area contributed by atoms with Crippen LogP contribution < -0.4 is 4.90 Å². The number of anilines is 1. The van der Waals surface area contributed by atoms with Crippen molar-refractivity contribution in [3.63, 3.8) is 0 Å². The highest BCUT2D eigenvalue weighted by molar-refractivity contribution is 7.17. The Hall–Kier alpha value is -1.73. The summed E-state index contributed by atoms with van der Waals surface area (Å²) in [6.07, 6.45) is 0.874. The van der Waals surface area contributed by atoms with Gasteiger partial charge >= 0.3 is 6.09 Å². The lowest BCUT2D eigenvalue weighted by Crippen LogP contribution is -2.39. The van der Waals surface area contributed by atoms with Crippen LogP contribution in [0, 0.1) is 0 Å². The molecule has 0 aromatic carbocycles. The Morgan fingerprint density at radius 3 is 2.85 bits per heavy atom. The maximum absolute atomic E-state index is 12.3. The van der Waals surface area contributed by atoms with Gasteiger partial charge in [-0.3, -0.25) is 4.90 Å². The molecule has 0 atom stereocenters. The molecule has 2 aromatic heterocycles. The Morgan fingerprint density at radius 2 is 2.20 bits per heavy atom. The zero-order valence-corrected chi connectivity index (χ0v) is 12.5. The molecule has 20 heavy (non-hydrogen) atoms. The van der Waals surface area contributed by atoms with Gasteiger partial charge in [0, 0.05) is 0 Å². The summed E-state index contributed by atoms with van der Waals surface area (Å²) in [4.78, 5) is 21.9. The van der Waals surface area contributed by atoms with E-state index in [0.717, 1.165) is 10.2 Å². The molecule has 0 aliphatic carbocycles. The maximum Gasteiger partial charge on any atom is 0.416 e. The lowest BCUT2D eigenvalue weighted by Gasteiger charge is -2.26. The van der Waals surface area contributed by atoms with Crippen molar-refractivity contribution in [2.75, 3.05) is 18.1 Å². The summed E-state index contributed by atoms with van der Waals surface area (Å²) in [6.45, 7) is 5.34. The molecule has 0 aliphatic heterocycles. The third-order valence-electron chi connectivity index (χ3n) is 2.42. The van der Waals surface area contributed by atoms with E-state index in [9.17, 15) is 9.90 Å². The summed E-state index contributed by atoms with van der Waals surface area (Å²) in [7, 11) is 0. The molecule has 0 spiro atoms. The van der Waals surface area contributed by atoms with E-state index in [-0.39, 0.29) is 13.2 Å². The van der Waals surface area contributed by atoms with Crippen LogP contribution >= 0.6 is 11.3 Å². The number of carbonyl (C=O) groups is 1. The first-order valence-electron chi connectivity index (χ1n) is 6.22. The van der Waals surface area contributed by atoms with E-state index >= 15 is 0 Å². The van der Waals surface area contributed by atoms with Crippen molar-refractivity contribution >= 4 is 33.5 Å². The largest absolute Gasteiger partial charge is 0.443 e. The highest BCUT2D eigenvalue weighted by atomic mass is 32.1. The van der Waals surface area contributed by atoms with Crippen molar-refractivity contribution in [3.05, 3.63) is 17.8 Å². The van der Waals surface area contributed by atoms with Crippen molar-refractivity contribution in [3.8, 4) is 0 Å². The molecule has 0 fully saturated rings. The summed E-state index contributed by atoms with van der Waals surface area (Å²) < 4.78 is 6.15. The number of nitrogens with zero attached hydrogens (tertiary/aromatic N) is 3. The predicted octanol–water partition coefficient (Wildman–Crippen LogP) is 2.43. The molecule has 1 N–H and O–H groups in total. The minimum atomic E-state index is -0.605. The third-order valence-corrected chi connectivity index (χ3v) is 3.32. The van der Waals surface area contributed by atoms with Gasteiger partial charge in [0.2, 0.25) is 0 Å². The summed E-state index contributed by atoms with van der Waals surface area (Å²) in [5.74, 6) is 0.466. The van der Waals surface area contributed by atoms with Gasteiger partial charge in [-0.25, -0.2) is 14.8 Å². The summed E-state index contributed by atoms with van der Waals surface area (Å²) in [5.41, 5.74) is 0.165. The second-order valence-corrected chi connectivity index (χ2v) is 6.10. The van der Waals surface area contributed by atoms with Gasteiger partial charge in [0.15, 0.2) is 5.82 Å². The van der Waals surface area contributed by atoms with Crippen LogP contribution in [0.25, 0.3) is 10.2 Å². The molecule has 1 amide bonds. The predicted molar refractivity (Wildman–Crippen MR) is 78.1 cm³/mol. The van der Waals surface area contributed by atoms with Gasteiger partial charge in [0.05, 0.1) is 23.4 Å². The van der Waals surface area contributed by atoms with Gasteiger partial charge in [-0.05, 0) is 32.2 Å². The van der Waals surface area contributed by atoms with E-state index in [1.54, 1.807) is 20.8 Å². The summed E-state index contributed by atoms with van der Waals surface area (Å²) in [6, 6.07) is 1.86. The topological polar surface area (TPSA) is 75.5 Å². The van der Waals surface area contributed by atoms with Crippen LogP contribution in [0.2, 0.25) is 0 Å². The normalized spacial score (nSPS) is 11.6. The second-order valence-electron chi connectivity index (χ2n) is 5.19. The number of ether oxygens (including phenoxy) is 1. The van der Waals surface area contributed by atoms with Crippen LogP contribution in [0.1, 0.15) is 20.8 Å². The number of thiophene rings is 1. The smallest absolute Gasteiger partial charge is 0.416 e. The first-order chi connectivity index (χ1) is 9.42. The molecule has 6 nitrogen and oxygen atoms in total. The number of carbonyl (C=O) groups excluding carboxylic acids is 1. The number of fused-ring (bicyclic) bond motifs is 1. The molecule has 2 heterocycles. The molecule has 2 aromatic rings. The van der Waals surface area contributed by atoms with Gasteiger partial charge in [-0.1, -0.05) is 0 Å². The van der Waals surface area contributed by atoms with E-state index in [2.05, 4.69) is 9.97 Å². The number of hydrogen-bond donors (Lipinski definition) is 1. The zero-order chi connectivity index (χ0) is 14.8. The lowest BCUT2D eigenvalue weighted by atomic mass is 10.2. The van der Waals surface area contributed by atoms with Gasteiger partial charge in [0.1, 0.15) is 11.9 Å². The van der Waals surface area contributed by atoms with Crippen LogP contribution in [-0.4, -0.2) is 39.9 Å². The molecule has 7 heteroatoms. The molecular formula is C13H17N3O3S. The van der Waals surface area contributed by atoms with Crippen molar-refractivity contribution in [2.45, 2.75) is 26.4 Å². The van der Waals surface area contributed by atoms with E-state index in [1.165, 1.54) is 22.6 Å². The number of aliphatic hydroxyl groups is 1. The van der Waals surface area contributed by atoms with Crippen LogP contribution in [0.4, 0.5) is 10.6 Å². The Kier molecular flexibility index (Phi) is 4.20. The van der Waals surface area contributed by atoms with E-state index in [4.69, 9.17) is 4.74 Å². The van der Waals surface area contributed by atoms with E-state index in [1.807, 2.05) is 11.4 Å². The SMILES string of the molecule is CC(C)(C)OC(=O)N(CCO)c1ncnc2ccsc12. The van der Waals surface area contributed by atoms with Gasteiger partial charge < -0.3 is 9.84 Å². The van der Waals surface area contributed by atoms with Gasteiger partial charge in [0.25, 0.3) is 0 Å². The molecule has 0 unspecified atom stereocenters. The standard InChI is InChI=1S/C13H17N3O3S/c1-13(2,3)19-12(18)16(5-6-17)11-10-9(4-7-20-10)14-8-15-11/h4,7-8,17H,5-6H2,1-3H3. The minimum Gasteiger partial charge on any atom is -0.443 e. The van der Waals surface area contributed by atoms with Crippen molar-refractivity contribution in [1.82, 2.24) is 9.97 Å². The fourth-order valence-electron chi connectivity index (χ4n) is 1.67. The fraction of sp³-hybridized carbons (Fsp3) is 0.462. The molecule has 0 bridgehead atoms. The fourth-order valence-corrected chi connectivity index (χ4v) is 2.51. The number of hydrogen-bond acceptors (Lipinski definition) is 6. The highest BCUT2D eigenvalue weighted by Crippen LogP contribution is 2.28. The van der Waals surface area contributed by atoms with Crippen LogP contribution in [-0.2, 0) is 4.74 Å².